The van der Waals surface area contributed by atoms with Crippen LogP contribution in [-0.2, 0) is 17.8 Å². The number of aromatic nitrogens is 3. The van der Waals surface area contributed by atoms with Crippen molar-refractivity contribution in [2.75, 3.05) is 19.6 Å². The lowest BCUT2D eigenvalue weighted by Crippen LogP contribution is -2.29. The van der Waals surface area contributed by atoms with E-state index < -0.39 is 0 Å². The molecular weight excluding hydrogens is 345 g/mol. The lowest BCUT2D eigenvalue weighted by atomic mass is 10.0. The van der Waals surface area contributed by atoms with Crippen molar-refractivity contribution in [2.45, 2.75) is 25.3 Å². The van der Waals surface area contributed by atoms with E-state index in [2.05, 4.69) is 21.7 Å². The fraction of sp³-hybridized carbons (Fsp3) is 0.350. The van der Waals surface area contributed by atoms with Crippen molar-refractivity contribution in [3.8, 4) is 0 Å². The highest BCUT2D eigenvalue weighted by Crippen LogP contribution is 2.27. The lowest BCUT2D eigenvalue weighted by Gasteiger charge is -2.07. The van der Waals surface area contributed by atoms with E-state index in [-0.39, 0.29) is 18.1 Å². The van der Waals surface area contributed by atoms with Crippen molar-refractivity contribution >= 4 is 16.9 Å². The number of benzene rings is 1. The number of nitrogens with one attached hydrogen (secondary N) is 2. The minimum Gasteiger partial charge on any atom is -0.354 e. The Bertz CT molecular complexity index is 948. The Morgan fingerprint density at radius 3 is 3.07 bits per heavy atom. The van der Waals surface area contributed by atoms with Crippen LogP contribution in [0.5, 0.6) is 0 Å². The molecule has 0 bridgehead atoms. The van der Waals surface area contributed by atoms with Gasteiger partial charge in [-0.15, -0.1) is 0 Å². The number of carbonyl (C=O) groups is 1. The SMILES string of the molecule is O=C(Cc1cccc(F)c1)NCCn1nc(C2CCNC2)c2cccnc21. The third-order valence-electron chi connectivity index (χ3n) is 4.88. The van der Waals surface area contributed by atoms with Gasteiger partial charge in [0.2, 0.25) is 5.91 Å². The number of hydrogen-bond acceptors (Lipinski definition) is 4. The second kappa shape index (κ2) is 7.84. The molecule has 2 N–H and O–H groups in total. The number of nitrogens with zero attached hydrogens (tertiary/aromatic N) is 3. The highest BCUT2D eigenvalue weighted by atomic mass is 19.1. The summed E-state index contributed by atoms with van der Waals surface area (Å²) < 4.78 is 15.1. The molecule has 0 aliphatic carbocycles. The summed E-state index contributed by atoms with van der Waals surface area (Å²) in [6, 6.07) is 10.1. The Morgan fingerprint density at radius 1 is 1.33 bits per heavy atom. The van der Waals surface area contributed by atoms with Crippen molar-refractivity contribution in [2.24, 2.45) is 0 Å². The number of carbonyl (C=O) groups excluding carboxylic acids is 1. The van der Waals surface area contributed by atoms with Crippen molar-refractivity contribution < 1.29 is 9.18 Å². The Hall–Kier alpha value is -2.80. The van der Waals surface area contributed by atoms with Gasteiger partial charge in [-0.3, -0.25) is 4.79 Å². The van der Waals surface area contributed by atoms with E-state index in [0.29, 0.717) is 24.6 Å². The van der Waals surface area contributed by atoms with E-state index in [1.807, 2.05) is 10.7 Å². The van der Waals surface area contributed by atoms with Crippen LogP contribution in [-0.4, -0.2) is 40.3 Å². The van der Waals surface area contributed by atoms with Crippen LogP contribution in [0.4, 0.5) is 4.39 Å². The Kier molecular flexibility index (Phi) is 5.11. The van der Waals surface area contributed by atoms with Gasteiger partial charge in [0, 0.05) is 30.6 Å². The second-order valence-electron chi connectivity index (χ2n) is 6.83. The second-order valence-corrected chi connectivity index (χ2v) is 6.83. The first kappa shape index (κ1) is 17.6. The molecule has 1 fully saturated rings. The maximum Gasteiger partial charge on any atom is 0.224 e. The van der Waals surface area contributed by atoms with Crippen LogP contribution < -0.4 is 10.6 Å². The first-order valence-corrected chi connectivity index (χ1v) is 9.24. The molecule has 1 saturated heterocycles. The topological polar surface area (TPSA) is 71.8 Å². The molecule has 140 valence electrons. The summed E-state index contributed by atoms with van der Waals surface area (Å²) in [5.41, 5.74) is 2.59. The average Bonchev–Trinajstić information content (AvgIpc) is 3.30. The molecule has 1 atom stereocenters. The summed E-state index contributed by atoms with van der Waals surface area (Å²) in [5.74, 6) is -0.0610. The summed E-state index contributed by atoms with van der Waals surface area (Å²) in [6.07, 6.45) is 3.00. The minimum absolute atomic E-state index is 0.134. The average molecular weight is 367 g/mol. The molecule has 1 aromatic carbocycles. The first-order valence-electron chi connectivity index (χ1n) is 9.24. The van der Waals surface area contributed by atoms with E-state index in [9.17, 15) is 9.18 Å². The molecule has 1 aliphatic rings. The van der Waals surface area contributed by atoms with Crippen LogP contribution in [0.15, 0.2) is 42.6 Å². The van der Waals surface area contributed by atoms with Crippen LogP contribution in [0.25, 0.3) is 11.0 Å². The molecule has 7 heteroatoms. The zero-order chi connectivity index (χ0) is 18.6. The molecular formula is C20H22FN5O. The van der Waals surface area contributed by atoms with Crippen LogP contribution >= 0.6 is 0 Å². The predicted molar refractivity (Wildman–Crippen MR) is 101 cm³/mol. The molecule has 2 aromatic heterocycles. The zero-order valence-electron chi connectivity index (χ0n) is 15.0. The number of pyridine rings is 1. The van der Waals surface area contributed by atoms with Gasteiger partial charge in [-0.1, -0.05) is 12.1 Å². The highest BCUT2D eigenvalue weighted by Gasteiger charge is 2.23. The summed E-state index contributed by atoms with van der Waals surface area (Å²) >= 11 is 0. The molecule has 1 aliphatic heterocycles. The molecule has 27 heavy (non-hydrogen) atoms. The maximum absolute atomic E-state index is 13.2. The number of halogens is 1. The predicted octanol–water partition coefficient (Wildman–Crippen LogP) is 2.01. The number of fused-ring (bicyclic) bond motifs is 1. The summed E-state index contributed by atoms with van der Waals surface area (Å²) in [6.45, 7) is 2.94. The number of amides is 1. The van der Waals surface area contributed by atoms with Crippen LogP contribution in [0.2, 0.25) is 0 Å². The van der Waals surface area contributed by atoms with Gasteiger partial charge < -0.3 is 10.6 Å². The van der Waals surface area contributed by atoms with Crippen LogP contribution in [0.1, 0.15) is 23.6 Å². The molecule has 0 saturated carbocycles. The van der Waals surface area contributed by atoms with Crippen molar-refractivity contribution in [3.05, 3.63) is 59.7 Å². The lowest BCUT2D eigenvalue weighted by molar-refractivity contribution is -0.120. The third-order valence-corrected chi connectivity index (χ3v) is 4.88. The van der Waals surface area contributed by atoms with Gasteiger partial charge in [-0.2, -0.15) is 5.10 Å². The van der Waals surface area contributed by atoms with Gasteiger partial charge in [0.15, 0.2) is 5.65 Å². The van der Waals surface area contributed by atoms with E-state index in [4.69, 9.17) is 5.10 Å². The molecule has 6 nitrogen and oxygen atoms in total. The standard InChI is InChI=1S/C20H22FN5O/c21-16-4-1-3-14(11-16)12-18(27)23-9-10-26-20-17(5-2-7-24-20)19(25-26)15-6-8-22-13-15/h1-5,7,11,15,22H,6,8-10,12-13H2,(H,23,27). The van der Waals surface area contributed by atoms with Gasteiger partial charge in [0.25, 0.3) is 0 Å². The summed E-state index contributed by atoms with van der Waals surface area (Å²) in [7, 11) is 0. The normalized spacial score (nSPS) is 16.7. The smallest absolute Gasteiger partial charge is 0.224 e. The molecule has 0 spiro atoms. The molecule has 1 amide bonds. The Morgan fingerprint density at radius 2 is 2.26 bits per heavy atom. The van der Waals surface area contributed by atoms with Gasteiger partial charge in [0.1, 0.15) is 5.82 Å². The monoisotopic (exact) mass is 367 g/mol. The Labute approximate surface area is 156 Å². The zero-order valence-corrected chi connectivity index (χ0v) is 15.0. The Balaban J connectivity index is 1.41. The third kappa shape index (κ3) is 3.98. The quantitative estimate of drug-likeness (QED) is 0.699. The molecule has 3 aromatic rings. The fourth-order valence-electron chi connectivity index (χ4n) is 3.58. The van der Waals surface area contributed by atoms with Gasteiger partial charge in [0.05, 0.1) is 18.7 Å². The molecule has 1 unspecified atom stereocenters. The van der Waals surface area contributed by atoms with E-state index in [1.165, 1.54) is 12.1 Å². The number of hydrogen-bond donors (Lipinski definition) is 2. The molecule has 4 rings (SSSR count). The summed E-state index contributed by atoms with van der Waals surface area (Å²) in [4.78, 5) is 16.6. The molecule has 0 radical (unpaired) electrons. The fourth-order valence-corrected chi connectivity index (χ4v) is 3.58. The minimum atomic E-state index is -0.330. The highest BCUT2D eigenvalue weighted by molar-refractivity contribution is 5.79. The van der Waals surface area contributed by atoms with Crippen molar-refractivity contribution in [3.63, 3.8) is 0 Å². The van der Waals surface area contributed by atoms with Crippen LogP contribution in [0, 0.1) is 5.82 Å². The van der Waals surface area contributed by atoms with Gasteiger partial charge in [-0.25, -0.2) is 14.1 Å². The molecule has 3 heterocycles. The van der Waals surface area contributed by atoms with E-state index >= 15 is 0 Å². The maximum atomic E-state index is 13.2. The van der Waals surface area contributed by atoms with Gasteiger partial charge >= 0.3 is 0 Å². The largest absolute Gasteiger partial charge is 0.354 e. The first-order chi connectivity index (χ1) is 13.2. The summed E-state index contributed by atoms with van der Waals surface area (Å²) in [5, 5.41) is 12.1. The van der Waals surface area contributed by atoms with E-state index in [1.54, 1.807) is 18.3 Å². The van der Waals surface area contributed by atoms with Gasteiger partial charge in [-0.05, 0) is 42.8 Å². The van der Waals surface area contributed by atoms with E-state index in [0.717, 1.165) is 36.2 Å². The number of rotatable bonds is 6. The van der Waals surface area contributed by atoms with Crippen LogP contribution in [0.3, 0.4) is 0 Å². The van der Waals surface area contributed by atoms with Crippen molar-refractivity contribution in [1.29, 1.82) is 0 Å². The van der Waals surface area contributed by atoms with Crippen molar-refractivity contribution in [1.82, 2.24) is 25.4 Å².